The van der Waals surface area contributed by atoms with E-state index < -0.39 is 0 Å². The maximum Gasteiger partial charge on any atom is 0.0162 e. The normalized spacial score (nSPS) is 15.0. The van der Waals surface area contributed by atoms with Crippen LogP contribution >= 0.6 is 0 Å². The summed E-state index contributed by atoms with van der Waals surface area (Å²) < 4.78 is 0. The van der Waals surface area contributed by atoms with E-state index in [1.54, 1.807) is 0 Å². The summed E-state index contributed by atoms with van der Waals surface area (Å²) in [5, 5.41) is 7.83. The SMILES string of the molecule is CC1(C)c2cc(-c3cccc4ccccc34)ccc2-c2ccc3c(c21)C(C)(C)c1cc(-c2cccc4ccccc24)c2ccccc2c1-3. The summed E-state index contributed by atoms with van der Waals surface area (Å²) in [6, 6.07) is 54.6. The van der Waals surface area contributed by atoms with Crippen molar-refractivity contribution in [3.63, 3.8) is 0 Å². The van der Waals surface area contributed by atoms with Crippen molar-refractivity contribution >= 4 is 32.3 Å². The molecule has 0 aromatic heterocycles. The van der Waals surface area contributed by atoms with E-state index in [0.717, 1.165) is 0 Å². The third kappa shape index (κ3) is 3.55. The number of hydrogen-bond acceptors (Lipinski definition) is 0. The summed E-state index contributed by atoms with van der Waals surface area (Å²) in [6.45, 7) is 9.81. The van der Waals surface area contributed by atoms with Gasteiger partial charge < -0.3 is 0 Å². The van der Waals surface area contributed by atoms with E-state index in [4.69, 9.17) is 0 Å². The molecule has 10 rings (SSSR count). The second-order valence-corrected chi connectivity index (χ2v) is 14.9. The number of benzene rings is 8. The van der Waals surface area contributed by atoms with E-state index >= 15 is 0 Å². The first-order valence-electron chi connectivity index (χ1n) is 17.2. The van der Waals surface area contributed by atoms with Gasteiger partial charge in [0, 0.05) is 10.8 Å². The van der Waals surface area contributed by atoms with Crippen molar-refractivity contribution in [1.29, 1.82) is 0 Å². The van der Waals surface area contributed by atoms with Gasteiger partial charge in [0.15, 0.2) is 0 Å². The first-order valence-corrected chi connectivity index (χ1v) is 17.2. The minimum Gasteiger partial charge on any atom is -0.0616 e. The summed E-state index contributed by atoms with van der Waals surface area (Å²) in [6.07, 6.45) is 0. The molecular weight excluding hydrogens is 577 g/mol. The summed E-state index contributed by atoms with van der Waals surface area (Å²) >= 11 is 0. The molecule has 0 saturated carbocycles. The molecule has 0 bridgehead atoms. The molecule has 0 fully saturated rings. The molecule has 0 saturated heterocycles. The third-order valence-electron chi connectivity index (χ3n) is 11.6. The van der Waals surface area contributed by atoms with E-state index in [1.165, 1.54) is 99.1 Å². The van der Waals surface area contributed by atoms with Crippen LogP contribution in [0.3, 0.4) is 0 Å². The van der Waals surface area contributed by atoms with E-state index in [2.05, 4.69) is 173 Å². The maximum absolute atomic E-state index is 2.53. The Morgan fingerprint density at radius 1 is 0.333 bits per heavy atom. The van der Waals surface area contributed by atoms with Crippen LogP contribution in [0.25, 0.3) is 76.8 Å². The van der Waals surface area contributed by atoms with Crippen LogP contribution < -0.4 is 0 Å². The lowest BCUT2D eigenvalue weighted by Crippen LogP contribution is -2.24. The zero-order valence-corrected chi connectivity index (χ0v) is 27.9. The number of hydrogen-bond donors (Lipinski definition) is 0. The van der Waals surface area contributed by atoms with Crippen molar-refractivity contribution in [1.82, 2.24) is 0 Å². The van der Waals surface area contributed by atoms with Gasteiger partial charge in [-0.3, -0.25) is 0 Å². The molecule has 0 atom stereocenters. The fourth-order valence-corrected chi connectivity index (χ4v) is 9.39. The van der Waals surface area contributed by atoms with E-state index in [1.807, 2.05) is 0 Å². The Bertz CT molecular complexity index is 2650. The summed E-state index contributed by atoms with van der Waals surface area (Å²) in [7, 11) is 0. The lowest BCUT2D eigenvalue weighted by Gasteiger charge is -2.31. The van der Waals surface area contributed by atoms with Crippen molar-refractivity contribution in [3.05, 3.63) is 168 Å². The molecule has 0 aliphatic heterocycles. The van der Waals surface area contributed by atoms with E-state index in [9.17, 15) is 0 Å². The van der Waals surface area contributed by atoms with Gasteiger partial charge in [-0.2, -0.15) is 0 Å². The molecule has 48 heavy (non-hydrogen) atoms. The Balaban J connectivity index is 1.20. The molecule has 0 heteroatoms. The Morgan fingerprint density at radius 2 is 0.854 bits per heavy atom. The third-order valence-corrected chi connectivity index (χ3v) is 11.6. The van der Waals surface area contributed by atoms with Gasteiger partial charge in [-0.05, 0) is 111 Å². The highest BCUT2D eigenvalue weighted by molar-refractivity contribution is 6.13. The fourth-order valence-electron chi connectivity index (χ4n) is 9.39. The van der Waals surface area contributed by atoms with Crippen LogP contribution in [-0.4, -0.2) is 0 Å². The zero-order valence-electron chi connectivity index (χ0n) is 27.9. The highest BCUT2D eigenvalue weighted by Gasteiger charge is 2.46. The first kappa shape index (κ1) is 27.6. The van der Waals surface area contributed by atoms with Crippen molar-refractivity contribution in [2.45, 2.75) is 38.5 Å². The Labute approximate surface area is 282 Å². The van der Waals surface area contributed by atoms with Gasteiger partial charge in [-0.15, -0.1) is 0 Å². The van der Waals surface area contributed by atoms with Crippen LogP contribution in [0.1, 0.15) is 49.9 Å². The quantitative estimate of drug-likeness (QED) is 0.182. The smallest absolute Gasteiger partial charge is 0.0162 e. The van der Waals surface area contributed by atoms with Crippen LogP contribution in [0.15, 0.2) is 146 Å². The van der Waals surface area contributed by atoms with Gasteiger partial charge in [-0.25, -0.2) is 0 Å². The van der Waals surface area contributed by atoms with Crippen molar-refractivity contribution < 1.29 is 0 Å². The van der Waals surface area contributed by atoms with Gasteiger partial charge >= 0.3 is 0 Å². The molecule has 0 spiro atoms. The van der Waals surface area contributed by atoms with Crippen LogP contribution in [0, 0.1) is 0 Å². The average molecular weight is 613 g/mol. The molecule has 2 aliphatic carbocycles. The van der Waals surface area contributed by atoms with Gasteiger partial charge in [0.25, 0.3) is 0 Å². The fraction of sp³-hybridized carbons (Fsp3) is 0.125. The van der Waals surface area contributed by atoms with Gasteiger partial charge in [-0.1, -0.05) is 161 Å². The Kier molecular flexibility index (Phi) is 5.50. The second-order valence-electron chi connectivity index (χ2n) is 14.9. The monoisotopic (exact) mass is 612 g/mol. The molecule has 2 aliphatic rings. The molecule has 0 amide bonds. The minimum atomic E-state index is -0.169. The second kappa shape index (κ2) is 9.55. The summed E-state index contributed by atoms with van der Waals surface area (Å²) in [5.41, 5.74) is 16.3. The van der Waals surface area contributed by atoms with Gasteiger partial charge in [0.1, 0.15) is 0 Å². The number of rotatable bonds is 2. The van der Waals surface area contributed by atoms with Crippen molar-refractivity contribution in [2.75, 3.05) is 0 Å². The average Bonchev–Trinajstić information content (AvgIpc) is 3.49. The lowest BCUT2D eigenvalue weighted by molar-refractivity contribution is 0.601. The van der Waals surface area contributed by atoms with E-state index in [0.29, 0.717) is 0 Å². The predicted octanol–water partition coefficient (Wildman–Crippen LogP) is 13.1. The predicted molar refractivity (Wildman–Crippen MR) is 205 cm³/mol. The van der Waals surface area contributed by atoms with Gasteiger partial charge in [0.2, 0.25) is 0 Å². The first-order chi connectivity index (χ1) is 23.3. The lowest BCUT2D eigenvalue weighted by atomic mass is 9.72. The van der Waals surface area contributed by atoms with Gasteiger partial charge in [0.05, 0.1) is 0 Å². The molecule has 228 valence electrons. The maximum atomic E-state index is 2.53. The Hall–Kier alpha value is -5.46. The molecular formula is C48H36. The van der Waals surface area contributed by atoms with Crippen LogP contribution in [0.4, 0.5) is 0 Å². The summed E-state index contributed by atoms with van der Waals surface area (Å²) in [5.74, 6) is 0. The van der Waals surface area contributed by atoms with Crippen molar-refractivity contribution in [2.24, 2.45) is 0 Å². The Morgan fingerprint density at radius 3 is 1.58 bits per heavy atom. The zero-order chi connectivity index (χ0) is 32.4. The van der Waals surface area contributed by atoms with Crippen LogP contribution in [0.2, 0.25) is 0 Å². The standard InChI is InChI=1S/C48H36/c1-47(2)42-27-31(34-21-11-15-29-13-5-7-17-32(29)34)23-24-37(42)39-25-26-40-44-38-20-10-9-19-36(38)41(28-43(44)48(3,4)46(40)45(39)47)35-22-12-16-30-14-6-8-18-33(30)35/h5-28H,1-4H3. The minimum absolute atomic E-state index is 0.149. The highest BCUT2D eigenvalue weighted by atomic mass is 14.5. The van der Waals surface area contributed by atoms with Crippen LogP contribution in [-0.2, 0) is 10.8 Å². The molecule has 0 radical (unpaired) electrons. The largest absolute Gasteiger partial charge is 0.0616 e. The highest BCUT2D eigenvalue weighted by Crippen LogP contribution is 2.61. The molecule has 0 unspecified atom stereocenters. The molecule has 8 aromatic carbocycles. The van der Waals surface area contributed by atoms with Crippen LogP contribution in [0.5, 0.6) is 0 Å². The molecule has 0 heterocycles. The number of fused-ring (bicyclic) bond motifs is 11. The topological polar surface area (TPSA) is 0 Å². The molecule has 8 aromatic rings. The summed E-state index contributed by atoms with van der Waals surface area (Å²) in [4.78, 5) is 0. The van der Waals surface area contributed by atoms with E-state index in [-0.39, 0.29) is 10.8 Å². The van der Waals surface area contributed by atoms with Crippen molar-refractivity contribution in [3.8, 4) is 44.5 Å². The molecule has 0 N–H and O–H groups in total. The molecule has 0 nitrogen and oxygen atoms in total.